The van der Waals surface area contributed by atoms with Gasteiger partial charge in [0.25, 0.3) is 0 Å². The first-order chi connectivity index (χ1) is 5.02. The second-order valence-corrected chi connectivity index (χ2v) is 11.5. The maximum atomic E-state index is 4.30. The van der Waals surface area contributed by atoms with Crippen molar-refractivity contribution >= 4 is 41.5 Å². The average molecular weight is 570 g/mol. The Kier molecular flexibility index (Phi) is 27.6. The first kappa shape index (κ1) is 26.3. The van der Waals surface area contributed by atoms with Crippen LogP contribution in [-0.4, -0.2) is 43.5 Å². The molecule has 0 aliphatic rings. The van der Waals surface area contributed by atoms with E-state index in [-0.39, 0.29) is 94.0 Å². The number of hydrogen-bond acceptors (Lipinski definition) is 0. The van der Waals surface area contributed by atoms with Gasteiger partial charge in [-0.05, 0) is 18.7 Å². The summed E-state index contributed by atoms with van der Waals surface area (Å²) in [5.41, 5.74) is 0. The molecular weight excluding hydrogens is 551 g/mol. The van der Waals surface area contributed by atoms with Crippen molar-refractivity contribution in [3.63, 3.8) is 0 Å². The molecule has 0 aromatic rings. The Labute approximate surface area is 157 Å². The first-order valence-corrected chi connectivity index (χ1v) is 9.97. The van der Waals surface area contributed by atoms with Crippen molar-refractivity contribution in [2.45, 2.75) is 6.92 Å². The fraction of sp³-hybridized carbons (Fsp3) is 0.625. The van der Waals surface area contributed by atoms with E-state index in [2.05, 4.69) is 32.5 Å². The van der Waals surface area contributed by atoms with E-state index in [4.69, 9.17) is 0 Å². The Bertz CT molecular complexity index is 207. The molecule has 0 bridgehead atoms. The van der Waals surface area contributed by atoms with Gasteiger partial charge in [-0.25, -0.2) is 0 Å². The summed E-state index contributed by atoms with van der Waals surface area (Å²) >= 11 is 0. The molecule has 0 saturated carbocycles. The van der Waals surface area contributed by atoms with E-state index in [1.54, 1.807) is 0 Å². The van der Waals surface area contributed by atoms with Gasteiger partial charge < -0.3 is 0 Å². The van der Waals surface area contributed by atoms with Gasteiger partial charge in [0.15, 0.2) is 0 Å². The molecule has 2 atom stereocenters. The molecule has 0 aliphatic carbocycles. The predicted octanol–water partition coefficient (Wildman–Crippen LogP) is 3.02. The predicted molar refractivity (Wildman–Crippen MR) is 69.7 cm³/mol. The van der Waals surface area contributed by atoms with Gasteiger partial charge in [0.2, 0.25) is 0 Å². The standard InChI is InChI=1S/C8H19P3.W.2Y/c1-6-10(3)8-11(4,5)7-9-2;;;/h10H,2-4,6-8H2,1,5H3;;;. The normalized spacial score (nSPS) is 15.3. The smallest absolute Gasteiger partial charge is 0.00864 e. The van der Waals surface area contributed by atoms with Crippen LogP contribution < -0.4 is 0 Å². The second-order valence-electron chi connectivity index (χ2n) is 3.25. The van der Waals surface area contributed by atoms with Crippen LogP contribution in [0.1, 0.15) is 6.92 Å². The van der Waals surface area contributed by atoms with Crippen LogP contribution in [0.3, 0.4) is 0 Å². The molecule has 0 rings (SSSR count). The van der Waals surface area contributed by atoms with E-state index >= 15 is 0 Å². The van der Waals surface area contributed by atoms with Gasteiger partial charge in [-0.15, -0.1) is 28.9 Å². The molecule has 2 unspecified atom stereocenters. The first-order valence-electron chi connectivity index (χ1n) is 3.80. The van der Waals surface area contributed by atoms with Crippen LogP contribution in [0, 0.1) is 0 Å². The van der Waals surface area contributed by atoms with Crippen molar-refractivity contribution in [3.05, 3.63) is 0 Å². The molecule has 14 heavy (non-hydrogen) atoms. The van der Waals surface area contributed by atoms with Crippen molar-refractivity contribution < 1.29 is 86.5 Å². The summed E-state index contributed by atoms with van der Waals surface area (Å²) in [6.07, 6.45) is 13.6. The minimum Gasteiger partial charge on any atom is -0.121 e. The molecule has 0 aliphatic heterocycles. The van der Waals surface area contributed by atoms with E-state index in [1.807, 2.05) is 0 Å². The van der Waals surface area contributed by atoms with Crippen LogP contribution in [0.2, 0.25) is 0 Å². The summed E-state index contributed by atoms with van der Waals surface area (Å²) in [6.45, 7) is 3.71. The van der Waals surface area contributed by atoms with Crippen molar-refractivity contribution in [3.8, 4) is 0 Å². The molecule has 0 N–H and O–H groups in total. The van der Waals surface area contributed by atoms with Gasteiger partial charge in [0, 0.05) is 92.4 Å². The Hall–Kier alpha value is 3.67. The molecule has 6 heteroatoms. The minimum absolute atomic E-state index is 0. The third kappa shape index (κ3) is 15.7. The molecular formula is C8H19P3WY2. The summed E-state index contributed by atoms with van der Waals surface area (Å²) in [4.78, 5) is 0. The van der Waals surface area contributed by atoms with Crippen molar-refractivity contribution in [2.24, 2.45) is 0 Å². The molecule has 78 valence electrons. The summed E-state index contributed by atoms with van der Waals surface area (Å²) in [6, 6.07) is 0. The molecule has 0 aromatic heterocycles. The van der Waals surface area contributed by atoms with Crippen molar-refractivity contribution in [2.75, 3.05) is 24.6 Å². The second kappa shape index (κ2) is 14.7. The molecule has 0 fully saturated rings. The van der Waals surface area contributed by atoms with Gasteiger partial charge >= 0.3 is 0 Å². The zero-order chi connectivity index (χ0) is 8.91. The third-order valence-corrected chi connectivity index (χ3v) is 10.9. The van der Waals surface area contributed by atoms with Crippen molar-refractivity contribution in [1.29, 1.82) is 0 Å². The van der Waals surface area contributed by atoms with Gasteiger partial charge in [-0.3, -0.25) is 0 Å². The van der Waals surface area contributed by atoms with Crippen molar-refractivity contribution in [1.82, 2.24) is 0 Å². The maximum Gasteiger partial charge on any atom is 0.00864 e. The maximum absolute atomic E-state index is 4.30. The molecule has 2 radical (unpaired) electrons. The zero-order valence-corrected chi connectivity index (χ0v) is 20.6. The largest absolute Gasteiger partial charge is 0.121 e. The Balaban J connectivity index is -0.000000167. The van der Waals surface area contributed by atoms with Gasteiger partial charge in [-0.1, -0.05) is 19.5 Å². The molecule has 0 spiro atoms. The average Bonchev–Trinajstić information content (AvgIpc) is 1.86. The fourth-order valence-corrected chi connectivity index (χ4v) is 9.39. The van der Waals surface area contributed by atoms with Crippen LogP contribution in [0.4, 0.5) is 0 Å². The Morgan fingerprint density at radius 3 is 2.07 bits per heavy atom. The number of hydrogen-bond donors (Lipinski definition) is 0. The third-order valence-electron chi connectivity index (χ3n) is 1.55. The van der Waals surface area contributed by atoms with Crippen LogP contribution in [0.5, 0.6) is 0 Å². The summed E-state index contributed by atoms with van der Waals surface area (Å²) in [5.74, 6) is 2.55. The Morgan fingerprint density at radius 2 is 1.79 bits per heavy atom. The van der Waals surface area contributed by atoms with E-state index < -0.39 is 6.89 Å². The summed E-state index contributed by atoms with van der Waals surface area (Å²) < 4.78 is 0. The van der Waals surface area contributed by atoms with Crippen LogP contribution in [-0.2, 0) is 86.5 Å². The SMILES string of the molecule is C=PCP(=C)(C)C[PH](=C)CC.[W].[Y].[Y]. The van der Waals surface area contributed by atoms with Gasteiger partial charge in [0.05, 0.1) is 0 Å². The molecule has 0 amide bonds. The van der Waals surface area contributed by atoms with E-state index in [1.165, 1.54) is 26.2 Å². The monoisotopic (exact) mass is 570 g/mol. The Morgan fingerprint density at radius 1 is 1.36 bits per heavy atom. The zero-order valence-electron chi connectivity index (χ0n) is 9.20. The molecule has 0 nitrogen and oxygen atoms in total. The van der Waals surface area contributed by atoms with Gasteiger partial charge in [-0.2, -0.15) is 0 Å². The van der Waals surface area contributed by atoms with E-state index in [0.717, 1.165) is 0 Å². The minimum atomic E-state index is -0.857. The molecule has 0 heterocycles. The number of rotatable bonds is 5. The van der Waals surface area contributed by atoms with Gasteiger partial charge in [0.1, 0.15) is 0 Å². The molecule has 0 saturated heterocycles. The van der Waals surface area contributed by atoms with E-state index in [9.17, 15) is 0 Å². The van der Waals surface area contributed by atoms with E-state index in [0.29, 0.717) is 0 Å². The summed E-state index contributed by atoms with van der Waals surface area (Å²) in [5, 5.41) is 0. The fourth-order valence-electron chi connectivity index (χ4n) is 0.943. The topological polar surface area (TPSA) is 0 Å². The summed E-state index contributed by atoms with van der Waals surface area (Å²) in [7, 11) is 0.958. The van der Waals surface area contributed by atoms with Crippen LogP contribution >= 0.6 is 22.6 Å². The van der Waals surface area contributed by atoms with Crippen LogP contribution in [0.15, 0.2) is 0 Å². The molecule has 0 aromatic carbocycles. The quantitative estimate of drug-likeness (QED) is 0.447. The van der Waals surface area contributed by atoms with Crippen LogP contribution in [0.25, 0.3) is 0 Å².